The van der Waals surface area contributed by atoms with Gasteiger partial charge < -0.3 is 9.88 Å². The van der Waals surface area contributed by atoms with Crippen molar-refractivity contribution in [1.29, 1.82) is 0 Å². The van der Waals surface area contributed by atoms with Gasteiger partial charge in [-0.25, -0.2) is 4.98 Å². The number of nitrogens with zero attached hydrogens (tertiary/aromatic N) is 4. The normalized spacial score (nSPS) is 15.6. The third-order valence-electron chi connectivity index (χ3n) is 4.82. The number of hydrogen-bond donors (Lipinski definition) is 1. The van der Waals surface area contributed by atoms with Crippen LogP contribution in [-0.2, 0) is 6.54 Å². The van der Waals surface area contributed by atoms with Crippen molar-refractivity contribution in [2.24, 2.45) is 0 Å². The van der Waals surface area contributed by atoms with E-state index in [9.17, 15) is 9.59 Å². The van der Waals surface area contributed by atoms with E-state index < -0.39 is 0 Å². The molecular weight excluding hydrogens is 342 g/mol. The molecule has 2 aromatic heterocycles. The molecular formula is C20H21N5O2. The average Bonchev–Trinajstić information content (AvgIpc) is 2.94. The summed E-state index contributed by atoms with van der Waals surface area (Å²) < 4.78 is 0. The number of benzene rings is 1. The van der Waals surface area contributed by atoms with Crippen LogP contribution < -0.4 is 5.56 Å². The fourth-order valence-corrected chi connectivity index (χ4v) is 3.42. The van der Waals surface area contributed by atoms with Crippen molar-refractivity contribution in [2.75, 3.05) is 26.2 Å². The molecule has 7 nitrogen and oxygen atoms in total. The van der Waals surface area contributed by atoms with Gasteiger partial charge in [-0.1, -0.05) is 18.2 Å². The van der Waals surface area contributed by atoms with Crippen LogP contribution in [-0.4, -0.2) is 56.8 Å². The first kappa shape index (κ1) is 17.4. The van der Waals surface area contributed by atoms with E-state index in [0.29, 0.717) is 24.0 Å². The van der Waals surface area contributed by atoms with Crippen LogP contribution in [0.25, 0.3) is 10.9 Å². The Morgan fingerprint density at radius 1 is 1.07 bits per heavy atom. The Bertz CT molecular complexity index is 1000. The first-order chi connectivity index (χ1) is 13.2. The molecule has 7 heteroatoms. The van der Waals surface area contributed by atoms with Gasteiger partial charge in [0.25, 0.3) is 11.5 Å². The number of pyridine rings is 1. The predicted molar refractivity (Wildman–Crippen MR) is 102 cm³/mol. The number of carbonyl (C=O) groups is 1. The summed E-state index contributed by atoms with van der Waals surface area (Å²) in [5.41, 5.74) is 1.42. The molecule has 1 aliphatic rings. The maximum Gasteiger partial charge on any atom is 0.289 e. The first-order valence-electron chi connectivity index (χ1n) is 9.10. The number of carbonyl (C=O) groups excluding carboxylic acids is 1. The lowest BCUT2D eigenvalue weighted by atomic mass is 10.2. The van der Waals surface area contributed by atoms with Gasteiger partial charge in [-0.05, 0) is 30.2 Å². The summed E-state index contributed by atoms with van der Waals surface area (Å²) in [4.78, 5) is 40.4. The van der Waals surface area contributed by atoms with Crippen molar-refractivity contribution in [3.63, 3.8) is 0 Å². The van der Waals surface area contributed by atoms with Gasteiger partial charge in [0.05, 0.1) is 10.9 Å². The maximum atomic E-state index is 12.9. The van der Waals surface area contributed by atoms with Crippen LogP contribution in [0.15, 0.2) is 53.6 Å². The van der Waals surface area contributed by atoms with E-state index in [1.165, 1.54) is 0 Å². The molecule has 1 N–H and O–H groups in total. The number of nitrogens with one attached hydrogen (secondary N) is 1. The van der Waals surface area contributed by atoms with E-state index in [2.05, 4.69) is 25.9 Å². The highest BCUT2D eigenvalue weighted by Crippen LogP contribution is 2.11. The predicted octanol–water partition coefficient (Wildman–Crippen LogP) is 1.67. The molecule has 0 bridgehead atoms. The van der Waals surface area contributed by atoms with Crippen LogP contribution in [0.1, 0.15) is 22.6 Å². The number of amides is 1. The van der Waals surface area contributed by atoms with Gasteiger partial charge in [0.2, 0.25) is 0 Å². The maximum absolute atomic E-state index is 12.9. The fraction of sp³-hybridized carbons (Fsp3) is 0.300. The molecule has 1 fully saturated rings. The summed E-state index contributed by atoms with van der Waals surface area (Å²) in [6, 6.07) is 11.0. The first-order valence-corrected chi connectivity index (χ1v) is 9.10. The van der Waals surface area contributed by atoms with Gasteiger partial charge in [-0.3, -0.25) is 19.5 Å². The van der Waals surface area contributed by atoms with E-state index in [4.69, 9.17) is 0 Å². The number of para-hydroxylation sites is 1. The number of fused-ring (bicyclic) bond motifs is 1. The zero-order chi connectivity index (χ0) is 18.6. The summed E-state index contributed by atoms with van der Waals surface area (Å²) in [5, 5.41) is 0.493. The van der Waals surface area contributed by atoms with Crippen LogP contribution in [0.2, 0.25) is 0 Å². The Balaban J connectivity index is 1.47. The number of H-pyrrole nitrogens is 1. The van der Waals surface area contributed by atoms with Crippen molar-refractivity contribution in [1.82, 2.24) is 24.8 Å². The number of hydrogen-bond acceptors (Lipinski definition) is 5. The van der Waals surface area contributed by atoms with Crippen LogP contribution in [0.4, 0.5) is 0 Å². The van der Waals surface area contributed by atoms with Gasteiger partial charge in [0, 0.05) is 45.1 Å². The highest BCUT2D eigenvalue weighted by atomic mass is 16.2. The minimum Gasteiger partial charge on any atom is -0.335 e. The zero-order valence-corrected chi connectivity index (χ0v) is 15.0. The summed E-state index contributed by atoms with van der Waals surface area (Å²) >= 11 is 0. The highest BCUT2D eigenvalue weighted by molar-refractivity contribution is 5.92. The van der Waals surface area contributed by atoms with Gasteiger partial charge >= 0.3 is 0 Å². The molecule has 0 spiro atoms. The average molecular weight is 363 g/mol. The Morgan fingerprint density at radius 2 is 1.96 bits per heavy atom. The molecule has 3 heterocycles. The van der Waals surface area contributed by atoms with Crippen LogP contribution in [0.3, 0.4) is 0 Å². The van der Waals surface area contributed by atoms with Crippen LogP contribution in [0, 0.1) is 0 Å². The van der Waals surface area contributed by atoms with E-state index in [0.717, 1.165) is 31.6 Å². The van der Waals surface area contributed by atoms with E-state index in [1.54, 1.807) is 29.3 Å². The summed E-state index contributed by atoms with van der Waals surface area (Å²) in [5.74, 6) is -0.111. The van der Waals surface area contributed by atoms with Gasteiger partial charge in [0.1, 0.15) is 0 Å². The van der Waals surface area contributed by atoms with E-state index in [-0.39, 0.29) is 17.3 Å². The minimum absolute atomic E-state index is 0.111. The quantitative estimate of drug-likeness (QED) is 0.765. The van der Waals surface area contributed by atoms with Crippen molar-refractivity contribution >= 4 is 16.8 Å². The lowest BCUT2D eigenvalue weighted by molar-refractivity contribution is 0.0749. The Morgan fingerprint density at radius 3 is 2.81 bits per heavy atom. The number of aromatic nitrogens is 3. The molecule has 1 amide bonds. The van der Waals surface area contributed by atoms with Crippen molar-refractivity contribution in [3.8, 4) is 0 Å². The second-order valence-electron chi connectivity index (χ2n) is 6.71. The van der Waals surface area contributed by atoms with Gasteiger partial charge in [-0.2, -0.15) is 0 Å². The smallest absolute Gasteiger partial charge is 0.289 e. The minimum atomic E-state index is -0.281. The van der Waals surface area contributed by atoms with Gasteiger partial charge in [-0.15, -0.1) is 0 Å². The monoisotopic (exact) mass is 363 g/mol. The Kier molecular flexibility index (Phi) is 4.93. The topological polar surface area (TPSA) is 82.2 Å². The largest absolute Gasteiger partial charge is 0.335 e. The van der Waals surface area contributed by atoms with E-state index in [1.807, 2.05) is 18.3 Å². The van der Waals surface area contributed by atoms with Gasteiger partial charge in [0.15, 0.2) is 5.82 Å². The van der Waals surface area contributed by atoms with Crippen molar-refractivity contribution < 1.29 is 4.79 Å². The SMILES string of the molecule is O=C(c1nc2ccccc2c(=O)[nH]1)N1CCCN(Cc2cccnc2)CC1. The molecule has 0 unspecified atom stereocenters. The molecule has 0 radical (unpaired) electrons. The van der Waals surface area contributed by atoms with Crippen molar-refractivity contribution in [3.05, 3.63) is 70.5 Å². The summed E-state index contributed by atoms with van der Waals surface area (Å²) in [6.45, 7) is 3.77. The Hall–Kier alpha value is -3.06. The third-order valence-corrected chi connectivity index (χ3v) is 4.82. The second-order valence-corrected chi connectivity index (χ2v) is 6.71. The molecule has 0 saturated carbocycles. The molecule has 0 aliphatic carbocycles. The van der Waals surface area contributed by atoms with Crippen molar-refractivity contribution in [2.45, 2.75) is 13.0 Å². The Labute approximate surface area is 156 Å². The molecule has 138 valence electrons. The van der Waals surface area contributed by atoms with Crippen LogP contribution >= 0.6 is 0 Å². The molecule has 4 rings (SSSR count). The molecule has 27 heavy (non-hydrogen) atoms. The molecule has 3 aromatic rings. The van der Waals surface area contributed by atoms with E-state index >= 15 is 0 Å². The van der Waals surface area contributed by atoms with Crippen LogP contribution in [0.5, 0.6) is 0 Å². The summed E-state index contributed by atoms with van der Waals surface area (Å²) in [7, 11) is 0. The lowest BCUT2D eigenvalue weighted by Crippen LogP contribution is -2.36. The standard InChI is InChI=1S/C20H21N5O2/c26-19-16-6-1-2-7-17(16)22-18(23-19)20(27)25-10-4-9-24(11-12-25)14-15-5-3-8-21-13-15/h1-3,5-8,13H,4,9-12,14H2,(H,22,23,26). The second kappa shape index (κ2) is 7.67. The molecule has 1 aromatic carbocycles. The molecule has 1 saturated heterocycles. The molecule has 0 atom stereocenters. The highest BCUT2D eigenvalue weighted by Gasteiger charge is 2.22. The summed E-state index contributed by atoms with van der Waals surface area (Å²) in [6.07, 6.45) is 4.52. The third kappa shape index (κ3) is 3.88. The number of aromatic amines is 1. The zero-order valence-electron chi connectivity index (χ0n) is 15.0. The lowest BCUT2D eigenvalue weighted by Gasteiger charge is -2.21. The molecule has 1 aliphatic heterocycles. The number of rotatable bonds is 3. The fourth-order valence-electron chi connectivity index (χ4n) is 3.42.